The Hall–Kier alpha value is -3.16. The monoisotopic (exact) mass is 450 g/mol. The van der Waals surface area contributed by atoms with Gasteiger partial charge < -0.3 is 19.2 Å². The van der Waals surface area contributed by atoms with E-state index in [2.05, 4.69) is 18.7 Å². The molecule has 7 nitrogen and oxygen atoms in total. The van der Waals surface area contributed by atoms with Gasteiger partial charge in [-0.3, -0.25) is 14.5 Å². The summed E-state index contributed by atoms with van der Waals surface area (Å²) in [6.07, 6.45) is 4.41. The predicted molar refractivity (Wildman–Crippen MR) is 125 cm³/mol. The van der Waals surface area contributed by atoms with E-state index in [4.69, 9.17) is 9.15 Å². The third kappa shape index (κ3) is 5.10. The van der Waals surface area contributed by atoms with Gasteiger partial charge in [-0.2, -0.15) is 0 Å². The first-order chi connectivity index (χ1) is 16.0. The largest absolute Gasteiger partial charge is 0.503 e. The van der Waals surface area contributed by atoms with Gasteiger partial charge >= 0.3 is 0 Å². The van der Waals surface area contributed by atoms with E-state index >= 15 is 0 Å². The van der Waals surface area contributed by atoms with Crippen molar-refractivity contribution in [2.24, 2.45) is 0 Å². The van der Waals surface area contributed by atoms with Gasteiger partial charge in [0.2, 0.25) is 0 Å². The summed E-state index contributed by atoms with van der Waals surface area (Å²) in [5.41, 5.74) is 2.07. The van der Waals surface area contributed by atoms with E-state index in [9.17, 15) is 14.7 Å². The van der Waals surface area contributed by atoms with Crippen LogP contribution in [0.2, 0.25) is 0 Å². The molecule has 1 fully saturated rings. The molecular weight excluding hydrogens is 420 g/mol. The second-order valence-electron chi connectivity index (χ2n) is 8.65. The summed E-state index contributed by atoms with van der Waals surface area (Å²) in [7, 11) is 0. The van der Waals surface area contributed by atoms with Gasteiger partial charge in [-0.25, -0.2) is 0 Å². The summed E-state index contributed by atoms with van der Waals surface area (Å²) in [6, 6.07) is 10.7. The van der Waals surface area contributed by atoms with Gasteiger partial charge in [-0.15, -0.1) is 0 Å². The normalized spacial score (nSPS) is 19.9. The van der Waals surface area contributed by atoms with Crippen molar-refractivity contribution in [3.8, 4) is 0 Å². The maximum atomic E-state index is 13.2. The van der Waals surface area contributed by atoms with Crippen LogP contribution in [0.15, 0.2) is 64.5 Å². The Morgan fingerprint density at radius 3 is 2.52 bits per heavy atom. The first-order valence-electron chi connectivity index (χ1n) is 11.4. The lowest BCUT2D eigenvalue weighted by Crippen LogP contribution is -2.43. The number of benzene rings is 1. The van der Waals surface area contributed by atoms with Gasteiger partial charge in [0, 0.05) is 26.2 Å². The Bertz CT molecular complexity index is 1030. The minimum atomic E-state index is -0.645. The third-order valence-electron chi connectivity index (χ3n) is 6.19. The van der Waals surface area contributed by atoms with Crippen LogP contribution in [-0.2, 0) is 14.3 Å². The van der Waals surface area contributed by atoms with E-state index < -0.39 is 23.5 Å². The molecule has 4 rings (SSSR count). The number of carbonyl (C=O) groups excluding carboxylic acids is 2. The molecule has 1 amide bonds. The molecule has 1 atom stereocenters. The predicted octanol–water partition coefficient (Wildman–Crippen LogP) is 3.71. The standard InChI is InChI=1S/C26H30N2O5/c1-18(2)19-5-7-20(8-6-19)24-23(22(29)10-9-21-4-3-15-33-21)25(30)26(31)28(24)12-11-27-13-16-32-17-14-27/h3-10,15,18,24,30H,11-14,16-17H2,1-2H3/b10-9+. The van der Waals surface area contributed by atoms with E-state index in [1.165, 1.54) is 17.9 Å². The highest BCUT2D eigenvalue weighted by Crippen LogP contribution is 2.38. The van der Waals surface area contributed by atoms with Crippen molar-refractivity contribution in [1.29, 1.82) is 0 Å². The van der Waals surface area contributed by atoms with Crippen molar-refractivity contribution in [2.75, 3.05) is 39.4 Å². The number of aliphatic hydroxyl groups excluding tert-OH is 1. The summed E-state index contributed by atoms with van der Waals surface area (Å²) >= 11 is 0. The second-order valence-corrected chi connectivity index (χ2v) is 8.65. The lowest BCUT2D eigenvalue weighted by atomic mass is 9.93. The van der Waals surface area contributed by atoms with Crippen LogP contribution in [0, 0.1) is 0 Å². The van der Waals surface area contributed by atoms with Crippen molar-refractivity contribution < 1.29 is 23.8 Å². The number of rotatable bonds is 8. The average Bonchev–Trinajstić information content (AvgIpc) is 3.44. The number of ether oxygens (including phenoxy) is 1. The summed E-state index contributed by atoms with van der Waals surface area (Å²) < 4.78 is 10.7. The molecular formula is C26H30N2O5. The molecule has 2 aliphatic rings. The minimum absolute atomic E-state index is 0.0991. The van der Waals surface area contributed by atoms with E-state index in [1.54, 1.807) is 23.1 Å². The number of hydrogen-bond acceptors (Lipinski definition) is 6. The second kappa shape index (κ2) is 10.2. The zero-order valence-corrected chi connectivity index (χ0v) is 19.1. The highest BCUT2D eigenvalue weighted by molar-refractivity contribution is 6.14. The molecule has 1 N–H and O–H groups in total. The maximum absolute atomic E-state index is 13.2. The molecule has 0 saturated carbocycles. The van der Waals surface area contributed by atoms with E-state index in [0.717, 1.165) is 18.7 Å². The van der Waals surface area contributed by atoms with Crippen LogP contribution in [-0.4, -0.2) is 66.0 Å². The Labute approximate surface area is 193 Å². The summed E-state index contributed by atoms with van der Waals surface area (Å²) in [5, 5.41) is 10.7. The molecule has 1 unspecified atom stereocenters. The summed E-state index contributed by atoms with van der Waals surface area (Å²) in [5.74, 6) is -0.526. The zero-order valence-electron chi connectivity index (χ0n) is 19.1. The number of furan rings is 1. The SMILES string of the molecule is CC(C)c1ccc(C2C(C(=O)/C=C/c3ccco3)=C(O)C(=O)N2CCN2CCOCC2)cc1. The van der Waals surface area contributed by atoms with Crippen molar-refractivity contribution in [3.05, 3.63) is 77.0 Å². The quantitative estimate of drug-likeness (QED) is 0.618. The maximum Gasteiger partial charge on any atom is 0.290 e. The Kier molecular flexibility index (Phi) is 7.11. The third-order valence-corrected chi connectivity index (χ3v) is 6.19. The van der Waals surface area contributed by atoms with Crippen molar-refractivity contribution >= 4 is 17.8 Å². The lowest BCUT2D eigenvalue weighted by molar-refractivity contribution is -0.129. The van der Waals surface area contributed by atoms with Gasteiger partial charge in [0.1, 0.15) is 5.76 Å². The molecule has 7 heteroatoms. The van der Waals surface area contributed by atoms with E-state index in [1.807, 2.05) is 24.3 Å². The number of ketones is 1. The molecule has 1 aromatic carbocycles. The molecule has 1 saturated heterocycles. The Morgan fingerprint density at radius 1 is 1.15 bits per heavy atom. The molecule has 2 aromatic rings. The zero-order chi connectivity index (χ0) is 23.4. The number of carbonyl (C=O) groups is 2. The summed E-state index contributed by atoms with van der Waals surface area (Å²) in [4.78, 5) is 30.0. The molecule has 0 bridgehead atoms. The molecule has 1 aromatic heterocycles. The first kappa shape index (κ1) is 23.0. The average molecular weight is 451 g/mol. The fraction of sp³-hybridized carbons (Fsp3) is 0.385. The van der Waals surface area contributed by atoms with E-state index in [0.29, 0.717) is 38.0 Å². The van der Waals surface area contributed by atoms with Crippen LogP contribution in [0.4, 0.5) is 0 Å². The number of allylic oxidation sites excluding steroid dienone is 1. The highest BCUT2D eigenvalue weighted by atomic mass is 16.5. The van der Waals surface area contributed by atoms with Crippen LogP contribution in [0.25, 0.3) is 6.08 Å². The fourth-order valence-electron chi connectivity index (χ4n) is 4.25. The molecule has 0 aliphatic carbocycles. The van der Waals surface area contributed by atoms with Gasteiger partial charge in [0.25, 0.3) is 5.91 Å². The van der Waals surface area contributed by atoms with Crippen LogP contribution in [0.5, 0.6) is 0 Å². The number of hydrogen-bond donors (Lipinski definition) is 1. The molecule has 33 heavy (non-hydrogen) atoms. The summed E-state index contributed by atoms with van der Waals surface area (Å²) in [6.45, 7) is 8.20. The highest BCUT2D eigenvalue weighted by Gasteiger charge is 2.42. The minimum Gasteiger partial charge on any atom is -0.503 e. The van der Waals surface area contributed by atoms with Gasteiger partial charge in [0.05, 0.1) is 31.1 Å². The first-order valence-corrected chi connectivity index (χ1v) is 11.4. The fourth-order valence-corrected chi connectivity index (χ4v) is 4.25. The van der Waals surface area contributed by atoms with Crippen molar-refractivity contribution in [2.45, 2.75) is 25.8 Å². The van der Waals surface area contributed by atoms with Gasteiger partial charge in [-0.05, 0) is 41.3 Å². The van der Waals surface area contributed by atoms with Gasteiger partial charge in [-0.1, -0.05) is 38.1 Å². The van der Waals surface area contributed by atoms with Crippen LogP contribution < -0.4 is 0 Å². The molecule has 0 radical (unpaired) electrons. The molecule has 0 spiro atoms. The number of amides is 1. The van der Waals surface area contributed by atoms with Crippen molar-refractivity contribution in [1.82, 2.24) is 9.80 Å². The smallest absolute Gasteiger partial charge is 0.290 e. The molecule has 3 heterocycles. The van der Waals surface area contributed by atoms with Gasteiger partial charge in [0.15, 0.2) is 11.5 Å². The number of nitrogens with zero attached hydrogens (tertiary/aromatic N) is 2. The van der Waals surface area contributed by atoms with Crippen LogP contribution in [0.1, 0.15) is 42.7 Å². The Balaban J connectivity index is 1.63. The number of aliphatic hydroxyl groups is 1. The molecule has 2 aliphatic heterocycles. The lowest BCUT2D eigenvalue weighted by Gasteiger charge is -2.31. The molecule has 174 valence electrons. The van der Waals surface area contributed by atoms with Crippen LogP contribution in [0.3, 0.4) is 0 Å². The van der Waals surface area contributed by atoms with E-state index in [-0.39, 0.29) is 5.57 Å². The Morgan fingerprint density at radius 2 is 1.88 bits per heavy atom. The topological polar surface area (TPSA) is 83.2 Å². The number of morpholine rings is 1. The van der Waals surface area contributed by atoms with Crippen LogP contribution >= 0.6 is 0 Å². The van der Waals surface area contributed by atoms with Crippen molar-refractivity contribution in [3.63, 3.8) is 0 Å².